The highest BCUT2D eigenvalue weighted by atomic mass is 19.1. The van der Waals surface area contributed by atoms with Gasteiger partial charge in [-0.15, -0.1) is 0 Å². The van der Waals surface area contributed by atoms with Gasteiger partial charge in [-0.05, 0) is 30.0 Å². The first-order chi connectivity index (χ1) is 9.46. The highest BCUT2D eigenvalue weighted by Gasteiger charge is 2.18. The Bertz CT molecular complexity index is 427. The maximum Gasteiger partial charge on any atom is 0.323 e. The lowest BCUT2D eigenvalue weighted by atomic mass is 10.0. The van der Waals surface area contributed by atoms with E-state index < -0.39 is 23.6 Å². The van der Waals surface area contributed by atoms with Crippen molar-refractivity contribution in [3.05, 3.63) is 35.4 Å². The molecule has 3 nitrogen and oxygen atoms in total. The van der Waals surface area contributed by atoms with Gasteiger partial charge in [-0.25, -0.2) is 8.78 Å². The van der Waals surface area contributed by atoms with E-state index in [0.29, 0.717) is 18.1 Å². The maximum atomic E-state index is 13.0. The highest BCUT2D eigenvalue weighted by molar-refractivity contribution is 5.75. The van der Waals surface area contributed by atoms with Gasteiger partial charge >= 0.3 is 5.97 Å². The first-order valence-corrected chi connectivity index (χ1v) is 6.83. The van der Waals surface area contributed by atoms with Gasteiger partial charge in [0.15, 0.2) is 0 Å². The van der Waals surface area contributed by atoms with Crippen LogP contribution in [0, 0.1) is 17.6 Å². The molecule has 5 heteroatoms. The minimum Gasteiger partial charge on any atom is -0.464 e. The van der Waals surface area contributed by atoms with Gasteiger partial charge in [-0.1, -0.05) is 26.7 Å². The van der Waals surface area contributed by atoms with E-state index in [2.05, 4.69) is 0 Å². The molecule has 112 valence electrons. The number of hydrogen-bond acceptors (Lipinski definition) is 3. The Hall–Kier alpha value is -1.49. The van der Waals surface area contributed by atoms with Crippen LogP contribution in [0.5, 0.6) is 0 Å². The van der Waals surface area contributed by atoms with Gasteiger partial charge in [0.2, 0.25) is 0 Å². The Morgan fingerprint density at radius 1 is 1.20 bits per heavy atom. The molecule has 0 amide bonds. The fourth-order valence-corrected chi connectivity index (χ4v) is 1.90. The molecule has 1 rings (SSSR count). The lowest BCUT2D eigenvalue weighted by Crippen LogP contribution is -2.35. The van der Waals surface area contributed by atoms with Crippen LogP contribution in [0.3, 0.4) is 0 Å². The molecule has 0 saturated heterocycles. The Balaban J connectivity index is 2.52. The minimum absolute atomic E-state index is 0.0520. The summed E-state index contributed by atoms with van der Waals surface area (Å²) < 4.78 is 31.2. The second-order valence-electron chi connectivity index (χ2n) is 4.90. The van der Waals surface area contributed by atoms with Crippen LogP contribution >= 0.6 is 0 Å². The van der Waals surface area contributed by atoms with Crippen LogP contribution in [0.1, 0.15) is 32.3 Å². The van der Waals surface area contributed by atoms with Crippen molar-refractivity contribution in [2.45, 2.75) is 39.2 Å². The van der Waals surface area contributed by atoms with Crippen molar-refractivity contribution in [3.8, 4) is 0 Å². The van der Waals surface area contributed by atoms with Crippen LogP contribution < -0.4 is 5.73 Å². The predicted molar refractivity (Wildman–Crippen MR) is 73.1 cm³/mol. The molecule has 20 heavy (non-hydrogen) atoms. The molecule has 0 aromatic heterocycles. The van der Waals surface area contributed by atoms with Crippen molar-refractivity contribution in [3.63, 3.8) is 0 Å². The van der Waals surface area contributed by atoms with Crippen LogP contribution in [-0.2, 0) is 16.0 Å². The summed E-state index contributed by atoms with van der Waals surface area (Å²) in [5.41, 5.74) is 6.04. The van der Waals surface area contributed by atoms with Crippen LogP contribution in [0.15, 0.2) is 18.2 Å². The number of carbonyl (C=O) groups is 1. The standard InChI is InChI=1S/C15H21F2NO2/c1-3-10(4-2)9-20-15(19)14(18)7-11-5-12(16)8-13(17)6-11/h5-6,8,10,14H,3-4,7,9,18H2,1-2H3/t14-/m0/s1. The SMILES string of the molecule is CCC(CC)COC(=O)[C@@H](N)Cc1cc(F)cc(F)c1. The zero-order valence-electron chi connectivity index (χ0n) is 11.9. The van der Waals surface area contributed by atoms with E-state index in [0.717, 1.165) is 31.0 Å². The third-order valence-electron chi connectivity index (χ3n) is 3.30. The zero-order valence-corrected chi connectivity index (χ0v) is 11.9. The van der Waals surface area contributed by atoms with Gasteiger partial charge in [0.25, 0.3) is 0 Å². The molecule has 0 fully saturated rings. The van der Waals surface area contributed by atoms with Crippen molar-refractivity contribution >= 4 is 5.97 Å². The largest absolute Gasteiger partial charge is 0.464 e. The number of esters is 1. The van der Waals surface area contributed by atoms with Gasteiger partial charge in [-0.2, -0.15) is 0 Å². The Kier molecular flexibility index (Phi) is 6.58. The molecule has 0 saturated carbocycles. The Morgan fingerprint density at radius 3 is 2.25 bits per heavy atom. The maximum absolute atomic E-state index is 13.0. The number of halogens is 2. The molecule has 0 radical (unpaired) electrons. The van der Waals surface area contributed by atoms with E-state index in [1.807, 2.05) is 13.8 Å². The summed E-state index contributed by atoms with van der Waals surface area (Å²) in [6.45, 7) is 4.38. The van der Waals surface area contributed by atoms with E-state index in [4.69, 9.17) is 10.5 Å². The molecular formula is C15H21F2NO2. The summed E-state index contributed by atoms with van der Waals surface area (Å²) in [7, 11) is 0. The molecule has 0 bridgehead atoms. The summed E-state index contributed by atoms with van der Waals surface area (Å²) >= 11 is 0. The van der Waals surface area contributed by atoms with Crippen LogP contribution in [0.2, 0.25) is 0 Å². The molecule has 1 aromatic carbocycles. The lowest BCUT2D eigenvalue weighted by Gasteiger charge is -2.16. The summed E-state index contributed by atoms with van der Waals surface area (Å²) in [6, 6.07) is 2.19. The summed E-state index contributed by atoms with van der Waals surface area (Å²) in [6.07, 6.45) is 1.90. The van der Waals surface area contributed by atoms with Gasteiger partial charge in [0, 0.05) is 6.07 Å². The van der Waals surface area contributed by atoms with Gasteiger partial charge in [0.1, 0.15) is 17.7 Å². The fourth-order valence-electron chi connectivity index (χ4n) is 1.90. The Labute approximate surface area is 118 Å². The molecule has 0 aliphatic rings. The monoisotopic (exact) mass is 285 g/mol. The second kappa shape index (κ2) is 7.94. The molecule has 0 heterocycles. The van der Waals surface area contributed by atoms with Crippen molar-refractivity contribution in [1.82, 2.24) is 0 Å². The predicted octanol–water partition coefficient (Wildman–Crippen LogP) is 2.81. The molecule has 0 aliphatic heterocycles. The Morgan fingerprint density at radius 2 is 1.75 bits per heavy atom. The summed E-state index contributed by atoms with van der Waals surface area (Å²) in [5.74, 6) is -1.59. The van der Waals surface area contributed by atoms with Crippen molar-refractivity contribution in [1.29, 1.82) is 0 Å². The minimum atomic E-state index is -0.912. The fraction of sp³-hybridized carbons (Fsp3) is 0.533. The summed E-state index contributed by atoms with van der Waals surface area (Å²) in [5, 5.41) is 0. The molecule has 1 aromatic rings. The first kappa shape index (κ1) is 16.6. The van der Waals surface area contributed by atoms with Gasteiger partial charge < -0.3 is 10.5 Å². The number of nitrogens with two attached hydrogens (primary N) is 1. The second-order valence-corrected chi connectivity index (χ2v) is 4.90. The van der Waals surface area contributed by atoms with E-state index in [-0.39, 0.29) is 6.42 Å². The molecule has 1 atom stereocenters. The van der Waals surface area contributed by atoms with Crippen LogP contribution in [0.4, 0.5) is 8.78 Å². The van der Waals surface area contributed by atoms with E-state index in [1.165, 1.54) is 0 Å². The number of benzene rings is 1. The smallest absolute Gasteiger partial charge is 0.323 e. The topological polar surface area (TPSA) is 52.3 Å². The number of carbonyl (C=O) groups excluding carboxylic acids is 1. The molecule has 2 N–H and O–H groups in total. The normalized spacial score (nSPS) is 12.5. The number of hydrogen-bond donors (Lipinski definition) is 1. The molecule has 0 aliphatic carbocycles. The van der Waals surface area contributed by atoms with Crippen molar-refractivity contribution in [2.24, 2.45) is 11.7 Å². The third-order valence-corrected chi connectivity index (χ3v) is 3.30. The molecular weight excluding hydrogens is 264 g/mol. The number of rotatable bonds is 7. The van der Waals surface area contributed by atoms with Crippen LogP contribution in [-0.4, -0.2) is 18.6 Å². The van der Waals surface area contributed by atoms with E-state index in [9.17, 15) is 13.6 Å². The first-order valence-electron chi connectivity index (χ1n) is 6.83. The van der Waals surface area contributed by atoms with E-state index >= 15 is 0 Å². The third kappa shape index (κ3) is 5.25. The van der Waals surface area contributed by atoms with E-state index in [1.54, 1.807) is 0 Å². The molecule has 0 spiro atoms. The van der Waals surface area contributed by atoms with Crippen molar-refractivity contribution < 1.29 is 18.3 Å². The van der Waals surface area contributed by atoms with Gasteiger partial charge in [0.05, 0.1) is 6.61 Å². The van der Waals surface area contributed by atoms with Crippen LogP contribution in [0.25, 0.3) is 0 Å². The lowest BCUT2D eigenvalue weighted by molar-refractivity contribution is -0.146. The average Bonchev–Trinajstić information content (AvgIpc) is 2.38. The zero-order chi connectivity index (χ0) is 15.1. The average molecular weight is 285 g/mol. The van der Waals surface area contributed by atoms with Gasteiger partial charge in [-0.3, -0.25) is 4.79 Å². The molecule has 0 unspecified atom stereocenters. The summed E-state index contributed by atoms with van der Waals surface area (Å²) in [4.78, 5) is 11.7. The highest BCUT2D eigenvalue weighted by Crippen LogP contribution is 2.11. The number of ether oxygens (including phenoxy) is 1. The van der Waals surface area contributed by atoms with Crippen molar-refractivity contribution in [2.75, 3.05) is 6.61 Å². The quantitative estimate of drug-likeness (QED) is 0.784.